The predicted octanol–water partition coefficient (Wildman–Crippen LogP) is 7.75. The van der Waals surface area contributed by atoms with Gasteiger partial charge in [-0.1, -0.05) is 69.7 Å². The van der Waals surface area contributed by atoms with Crippen LogP contribution < -0.4 is 0 Å². The number of thiophene rings is 1. The highest BCUT2D eigenvalue weighted by atomic mass is 35.5. The Bertz CT molecular complexity index is 654. The molecule has 0 atom stereocenters. The molecule has 0 aliphatic rings. The molecular weight excluding hydrogens is 383 g/mol. The van der Waals surface area contributed by atoms with Gasteiger partial charge in [0.1, 0.15) is 0 Å². The van der Waals surface area contributed by atoms with E-state index in [-0.39, 0.29) is 5.78 Å². The topological polar surface area (TPSA) is 17.1 Å². The lowest BCUT2D eigenvalue weighted by Gasteiger charge is -2.04. The first-order valence-electron chi connectivity index (χ1n) is 9.56. The van der Waals surface area contributed by atoms with Crippen LogP contribution in [0.5, 0.6) is 0 Å². The lowest BCUT2D eigenvalue weighted by atomic mass is 10.0. The summed E-state index contributed by atoms with van der Waals surface area (Å²) in [6.45, 7) is 2.25. The van der Waals surface area contributed by atoms with E-state index in [0.29, 0.717) is 11.8 Å². The first-order chi connectivity index (χ1) is 12.7. The van der Waals surface area contributed by atoms with Gasteiger partial charge in [0, 0.05) is 16.3 Å². The average molecular weight is 411 g/mol. The summed E-state index contributed by atoms with van der Waals surface area (Å²) in [4.78, 5) is 14.4. The molecule has 26 heavy (non-hydrogen) atoms. The Morgan fingerprint density at radius 3 is 2.15 bits per heavy atom. The number of alkyl halides is 2. The molecule has 2 rings (SSSR count). The van der Waals surface area contributed by atoms with Crippen LogP contribution in [0.1, 0.15) is 83.1 Å². The van der Waals surface area contributed by atoms with Crippen LogP contribution in [0.15, 0.2) is 30.3 Å². The molecule has 142 valence electrons. The summed E-state index contributed by atoms with van der Waals surface area (Å²) in [6.07, 6.45) is 10.3. The third-order valence-corrected chi connectivity index (χ3v) is 6.56. The third-order valence-electron chi connectivity index (χ3n) is 4.67. The maximum atomic E-state index is 12.7. The van der Waals surface area contributed by atoms with E-state index in [1.165, 1.54) is 61.8 Å². The number of benzene rings is 1. The number of halogens is 2. The highest BCUT2D eigenvalue weighted by Gasteiger charge is 2.15. The van der Waals surface area contributed by atoms with E-state index in [0.717, 1.165) is 27.3 Å². The molecule has 1 aromatic carbocycles. The van der Waals surface area contributed by atoms with Crippen molar-refractivity contribution in [1.82, 2.24) is 0 Å². The maximum Gasteiger partial charge on any atom is 0.202 e. The first kappa shape index (κ1) is 21.5. The minimum absolute atomic E-state index is 0.0557. The Hall–Kier alpha value is -0.830. The Morgan fingerprint density at radius 1 is 0.923 bits per heavy atom. The molecule has 0 saturated carbocycles. The highest BCUT2D eigenvalue weighted by molar-refractivity contribution is 7.14. The SMILES string of the molecule is CCCCCCCCCc1ccc(C(=O)c2cc(CCl)c(CCl)s2)cc1. The summed E-state index contributed by atoms with van der Waals surface area (Å²) in [7, 11) is 0. The Labute approximate surface area is 171 Å². The van der Waals surface area contributed by atoms with Crippen molar-refractivity contribution in [2.75, 3.05) is 0 Å². The number of aryl methyl sites for hydroxylation is 1. The van der Waals surface area contributed by atoms with Crippen molar-refractivity contribution in [3.05, 3.63) is 56.8 Å². The van der Waals surface area contributed by atoms with Crippen molar-refractivity contribution in [3.8, 4) is 0 Å². The molecule has 1 heterocycles. The molecule has 0 fully saturated rings. The van der Waals surface area contributed by atoms with Gasteiger partial charge in [0.15, 0.2) is 0 Å². The molecule has 0 bridgehead atoms. The first-order valence-corrected chi connectivity index (χ1v) is 11.4. The number of hydrogen-bond donors (Lipinski definition) is 0. The molecule has 0 aliphatic heterocycles. The minimum Gasteiger partial charge on any atom is -0.288 e. The van der Waals surface area contributed by atoms with Gasteiger partial charge in [-0.05, 0) is 30.0 Å². The Balaban J connectivity index is 1.84. The normalized spacial score (nSPS) is 11.0. The van der Waals surface area contributed by atoms with E-state index in [9.17, 15) is 4.79 Å². The van der Waals surface area contributed by atoms with E-state index in [1.807, 2.05) is 18.2 Å². The van der Waals surface area contributed by atoms with E-state index in [2.05, 4.69) is 19.1 Å². The molecule has 2 aromatic rings. The van der Waals surface area contributed by atoms with Gasteiger partial charge in [0.25, 0.3) is 0 Å². The Morgan fingerprint density at radius 2 is 1.58 bits per heavy atom. The third kappa shape index (κ3) is 6.40. The number of unbranched alkanes of at least 4 members (excludes halogenated alkanes) is 6. The highest BCUT2D eigenvalue weighted by Crippen LogP contribution is 2.27. The van der Waals surface area contributed by atoms with Crippen LogP contribution in [-0.2, 0) is 18.2 Å². The lowest BCUT2D eigenvalue weighted by molar-refractivity contribution is 0.104. The number of hydrogen-bond acceptors (Lipinski definition) is 2. The monoisotopic (exact) mass is 410 g/mol. The second-order valence-corrected chi connectivity index (χ2v) is 8.39. The molecule has 1 nitrogen and oxygen atoms in total. The van der Waals surface area contributed by atoms with Crippen molar-refractivity contribution < 1.29 is 4.79 Å². The predicted molar refractivity (Wildman–Crippen MR) is 115 cm³/mol. The molecule has 0 N–H and O–H groups in total. The zero-order chi connectivity index (χ0) is 18.8. The van der Waals surface area contributed by atoms with Crippen LogP contribution in [-0.4, -0.2) is 5.78 Å². The van der Waals surface area contributed by atoms with E-state index < -0.39 is 0 Å². The van der Waals surface area contributed by atoms with Crippen LogP contribution in [0.2, 0.25) is 0 Å². The van der Waals surface area contributed by atoms with Gasteiger partial charge in [0.05, 0.1) is 10.8 Å². The molecule has 0 amide bonds. The molecule has 4 heteroatoms. The second-order valence-electron chi connectivity index (χ2n) is 6.72. The fourth-order valence-corrected chi connectivity index (χ4v) is 4.70. The number of rotatable bonds is 12. The molecule has 0 saturated heterocycles. The molecule has 0 unspecified atom stereocenters. The lowest BCUT2D eigenvalue weighted by Crippen LogP contribution is -1.99. The smallest absolute Gasteiger partial charge is 0.202 e. The van der Waals surface area contributed by atoms with Crippen molar-refractivity contribution in [3.63, 3.8) is 0 Å². The standard InChI is InChI=1S/C22H28Cl2OS/c1-2-3-4-5-6-7-8-9-17-10-12-18(13-11-17)22(25)20-14-19(15-23)21(16-24)26-20/h10-14H,2-9,15-16H2,1H3. The summed E-state index contributed by atoms with van der Waals surface area (Å²) in [6, 6.07) is 9.94. The minimum atomic E-state index is 0.0557. The van der Waals surface area contributed by atoms with Gasteiger partial charge in [-0.25, -0.2) is 0 Å². The van der Waals surface area contributed by atoms with Crippen LogP contribution in [0.4, 0.5) is 0 Å². The zero-order valence-electron chi connectivity index (χ0n) is 15.5. The van der Waals surface area contributed by atoms with Gasteiger partial charge >= 0.3 is 0 Å². The number of carbonyl (C=O) groups excluding carboxylic acids is 1. The summed E-state index contributed by atoms with van der Waals surface area (Å²) in [5.41, 5.74) is 3.01. The fraction of sp³-hybridized carbons (Fsp3) is 0.500. The molecule has 0 spiro atoms. The van der Waals surface area contributed by atoms with Crippen molar-refractivity contribution in [2.45, 2.75) is 70.1 Å². The van der Waals surface area contributed by atoms with Crippen LogP contribution in [0, 0.1) is 0 Å². The molecular formula is C22H28Cl2OS. The summed E-state index contributed by atoms with van der Waals surface area (Å²) < 4.78 is 0. The van der Waals surface area contributed by atoms with Gasteiger partial charge < -0.3 is 0 Å². The van der Waals surface area contributed by atoms with Crippen molar-refractivity contribution in [1.29, 1.82) is 0 Å². The second kappa shape index (κ2) is 11.8. The van der Waals surface area contributed by atoms with Gasteiger partial charge in [-0.15, -0.1) is 34.5 Å². The van der Waals surface area contributed by atoms with Gasteiger partial charge in [-0.2, -0.15) is 0 Å². The molecule has 0 aliphatic carbocycles. The zero-order valence-corrected chi connectivity index (χ0v) is 17.9. The largest absolute Gasteiger partial charge is 0.288 e. The average Bonchev–Trinajstić information content (AvgIpc) is 3.10. The number of carbonyl (C=O) groups is 1. The Kier molecular flexibility index (Phi) is 9.74. The summed E-state index contributed by atoms with van der Waals surface area (Å²) in [5, 5.41) is 0. The molecule has 0 radical (unpaired) electrons. The van der Waals surface area contributed by atoms with Crippen LogP contribution in [0.3, 0.4) is 0 Å². The molecule has 1 aromatic heterocycles. The van der Waals surface area contributed by atoms with Crippen LogP contribution >= 0.6 is 34.5 Å². The van der Waals surface area contributed by atoms with E-state index in [4.69, 9.17) is 23.2 Å². The summed E-state index contributed by atoms with van der Waals surface area (Å²) >= 11 is 13.3. The number of ketones is 1. The van der Waals surface area contributed by atoms with Crippen LogP contribution in [0.25, 0.3) is 0 Å². The fourth-order valence-electron chi connectivity index (χ4n) is 3.06. The maximum absolute atomic E-state index is 12.7. The van der Waals surface area contributed by atoms with Crippen molar-refractivity contribution in [2.24, 2.45) is 0 Å². The summed E-state index contributed by atoms with van der Waals surface area (Å²) in [5.74, 6) is 0.848. The quantitative estimate of drug-likeness (QED) is 0.198. The van der Waals surface area contributed by atoms with Gasteiger partial charge in [0.2, 0.25) is 5.78 Å². The van der Waals surface area contributed by atoms with Crippen molar-refractivity contribution >= 4 is 40.3 Å². The van der Waals surface area contributed by atoms with E-state index >= 15 is 0 Å². The van der Waals surface area contributed by atoms with Gasteiger partial charge in [-0.3, -0.25) is 4.79 Å². The van der Waals surface area contributed by atoms with E-state index in [1.54, 1.807) is 0 Å².